The first-order valence-corrected chi connectivity index (χ1v) is 5.06. The van der Waals surface area contributed by atoms with Gasteiger partial charge in [0.05, 0.1) is 5.57 Å². The third-order valence-electron chi connectivity index (χ3n) is 3.22. The van der Waals surface area contributed by atoms with Gasteiger partial charge < -0.3 is 10.5 Å². The molecule has 0 atom stereocenters. The highest BCUT2D eigenvalue weighted by atomic mass is 16.5. The molecule has 0 aromatic rings. The van der Waals surface area contributed by atoms with Crippen molar-refractivity contribution in [1.82, 2.24) is 0 Å². The molecule has 1 fully saturated rings. The molecule has 2 N–H and O–H groups in total. The number of hydrogen-bond acceptors (Lipinski definition) is 3. The van der Waals surface area contributed by atoms with Gasteiger partial charge in [0, 0.05) is 11.1 Å². The van der Waals surface area contributed by atoms with E-state index in [0.717, 1.165) is 18.4 Å². The molecule has 15 heavy (non-hydrogen) atoms. The molecule has 0 unspecified atom stereocenters. The maximum Gasteiger partial charge on any atom is 0.338 e. The standard InChI is InChI=1S/C12H15NO2/c1-8(13)3-4-10-9(2)12(5-6-12)7-15-11(10)14/h3-4H,1,5-7,13H2,2H3/b4-3-. The second kappa shape index (κ2) is 3.26. The molecular formula is C12H15NO2. The van der Waals surface area contributed by atoms with Crippen molar-refractivity contribution in [2.24, 2.45) is 11.1 Å². The smallest absolute Gasteiger partial charge is 0.338 e. The van der Waals surface area contributed by atoms with Crippen LogP contribution in [0.4, 0.5) is 0 Å². The van der Waals surface area contributed by atoms with Gasteiger partial charge >= 0.3 is 5.97 Å². The first kappa shape index (κ1) is 10.0. The molecule has 0 amide bonds. The summed E-state index contributed by atoms with van der Waals surface area (Å²) in [5.41, 5.74) is 7.79. The number of nitrogens with two attached hydrogens (primary N) is 1. The second-order valence-electron chi connectivity index (χ2n) is 4.30. The van der Waals surface area contributed by atoms with Crippen LogP contribution < -0.4 is 5.73 Å². The molecule has 0 radical (unpaired) electrons. The Kier molecular flexibility index (Phi) is 2.18. The second-order valence-corrected chi connectivity index (χ2v) is 4.30. The van der Waals surface area contributed by atoms with Crippen molar-refractivity contribution in [3.63, 3.8) is 0 Å². The van der Waals surface area contributed by atoms with E-state index in [0.29, 0.717) is 17.9 Å². The fraction of sp³-hybridized carbons (Fsp3) is 0.417. The number of hydrogen-bond donors (Lipinski definition) is 1. The molecule has 0 saturated heterocycles. The van der Waals surface area contributed by atoms with E-state index in [-0.39, 0.29) is 11.4 Å². The largest absolute Gasteiger partial charge is 0.461 e. The van der Waals surface area contributed by atoms with Gasteiger partial charge in [0.2, 0.25) is 0 Å². The molecule has 1 spiro atoms. The number of allylic oxidation sites excluding steroid dienone is 1. The highest BCUT2D eigenvalue weighted by Crippen LogP contribution is 2.54. The van der Waals surface area contributed by atoms with Crippen molar-refractivity contribution >= 4 is 5.97 Å². The molecule has 0 aromatic heterocycles. The third-order valence-corrected chi connectivity index (χ3v) is 3.22. The van der Waals surface area contributed by atoms with Crippen LogP contribution in [0.25, 0.3) is 0 Å². The number of rotatable bonds is 2. The van der Waals surface area contributed by atoms with Gasteiger partial charge in [-0.05, 0) is 37.5 Å². The molecule has 3 nitrogen and oxygen atoms in total. The van der Waals surface area contributed by atoms with Crippen LogP contribution in [0.5, 0.6) is 0 Å². The number of ether oxygens (including phenoxy) is 1. The minimum atomic E-state index is -0.248. The summed E-state index contributed by atoms with van der Waals surface area (Å²) in [7, 11) is 0. The zero-order chi connectivity index (χ0) is 11.1. The minimum Gasteiger partial charge on any atom is -0.461 e. The zero-order valence-electron chi connectivity index (χ0n) is 8.88. The summed E-state index contributed by atoms with van der Waals surface area (Å²) in [4.78, 5) is 11.5. The average molecular weight is 205 g/mol. The summed E-state index contributed by atoms with van der Waals surface area (Å²) >= 11 is 0. The third kappa shape index (κ3) is 1.69. The van der Waals surface area contributed by atoms with Gasteiger partial charge in [-0.15, -0.1) is 0 Å². The zero-order valence-corrected chi connectivity index (χ0v) is 8.88. The fourth-order valence-corrected chi connectivity index (χ4v) is 1.88. The Hall–Kier alpha value is -1.51. The van der Waals surface area contributed by atoms with Gasteiger partial charge in [0.25, 0.3) is 0 Å². The maximum atomic E-state index is 11.5. The summed E-state index contributed by atoms with van der Waals surface area (Å²) in [5.74, 6) is -0.248. The van der Waals surface area contributed by atoms with E-state index in [1.54, 1.807) is 12.2 Å². The molecule has 2 aliphatic rings. The first-order valence-electron chi connectivity index (χ1n) is 5.06. The van der Waals surface area contributed by atoms with E-state index >= 15 is 0 Å². The predicted octanol–water partition coefficient (Wildman–Crippen LogP) is 1.67. The highest BCUT2D eigenvalue weighted by molar-refractivity contribution is 5.94. The van der Waals surface area contributed by atoms with E-state index in [1.165, 1.54) is 0 Å². The van der Waals surface area contributed by atoms with Gasteiger partial charge in [0.1, 0.15) is 6.61 Å². The van der Waals surface area contributed by atoms with E-state index < -0.39 is 0 Å². The predicted molar refractivity (Wildman–Crippen MR) is 57.8 cm³/mol. The SMILES string of the molecule is C=C(N)/C=C\C1=C(C)C2(CC2)COC1=O. The summed E-state index contributed by atoms with van der Waals surface area (Å²) in [6.07, 6.45) is 5.58. The van der Waals surface area contributed by atoms with Gasteiger partial charge in [-0.3, -0.25) is 0 Å². The van der Waals surface area contributed by atoms with Gasteiger partial charge in [-0.25, -0.2) is 4.79 Å². The van der Waals surface area contributed by atoms with Crippen LogP contribution in [0.3, 0.4) is 0 Å². The van der Waals surface area contributed by atoms with Gasteiger partial charge in [0.15, 0.2) is 0 Å². The molecular weight excluding hydrogens is 190 g/mol. The van der Waals surface area contributed by atoms with E-state index in [1.807, 2.05) is 6.92 Å². The topological polar surface area (TPSA) is 52.3 Å². The molecule has 80 valence electrons. The molecule has 0 bridgehead atoms. The van der Waals surface area contributed by atoms with Gasteiger partial charge in [-0.1, -0.05) is 6.58 Å². The van der Waals surface area contributed by atoms with Crippen molar-refractivity contribution in [3.05, 3.63) is 35.6 Å². The summed E-state index contributed by atoms with van der Waals surface area (Å²) < 4.78 is 5.15. The Morgan fingerprint density at radius 2 is 2.27 bits per heavy atom. The highest BCUT2D eigenvalue weighted by Gasteiger charge is 2.49. The lowest BCUT2D eigenvalue weighted by Crippen LogP contribution is -2.25. The lowest BCUT2D eigenvalue weighted by atomic mass is 9.91. The number of esters is 1. The Balaban J connectivity index is 2.32. The van der Waals surface area contributed by atoms with Gasteiger partial charge in [-0.2, -0.15) is 0 Å². The Morgan fingerprint density at radius 1 is 1.60 bits per heavy atom. The lowest BCUT2D eigenvalue weighted by Gasteiger charge is -2.24. The van der Waals surface area contributed by atoms with Crippen LogP contribution in [0, 0.1) is 5.41 Å². The molecule has 1 saturated carbocycles. The Labute approximate surface area is 89.3 Å². The van der Waals surface area contributed by atoms with Crippen LogP contribution >= 0.6 is 0 Å². The van der Waals surface area contributed by atoms with E-state index in [2.05, 4.69) is 6.58 Å². The monoisotopic (exact) mass is 205 g/mol. The van der Waals surface area contributed by atoms with E-state index in [4.69, 9.17) is 10.5 Å². The molecule has 1 heterocycles. The minimum absolute atomic E-state index is 0.142. The molecule has 2 rings (SSSR count). The molecule has 1 aliphatic carbocycles. The van der Waals surface area contributed by atoms with Crippen LogP contribution in [-0.4, -0.2) is 12.6 Å². The van der Waals surface area contributed by atoms with Crippen LogP contribution in [0.15, 0.2) is 35.6 Å². The number of carbonyl (C=O) groups excluding carboxylic acids is 1. The Bertz CT molecular complexity index is 386. The van der Waals surface area contributed by atoms with E-state index in [9.17, 15) is 4.79 Å². The quantitative estimate of drug-likeness (QED) is 0.551. The normalized spacial score (nSPS) is 23.4. The summed E-state index contributed by atoms with van der Waals surface area (Å²) in [6, 6.07) is 0. The van der Waals surface area contributed by atoms with Crippen molar-refractivity contribution in [3.8, 4) is 0 Å². The number of cyclic esters (lactones) is 1. The van der Waals surface area contributed by atoms with Crippen LogP contribution in [-0.2, 0) is 9.53 Å². The first-order chi connectivity index (χ1) is 7.05. The summed E-state index contributed by atoms with van der Waals surface area (Å²) in [6.45, 7) is 6.10. The average Bonchev–Trinajstić information content (AvgIpc) is 2.93. The van der Waals surface area contributed by atoms with Crippen molar-refractivity contribution in [1.29, 1.82) is 0 Å². The number of carbonyl (C=O) groups is 1. The van der Waals surface area contributed by atoms with Crippen molar-refractivity contribution in [2.45, 2.75) is 19.8 Å². The maximum absolute atomic E-state index is 11.5. The van der Waals surface area contributed by atoms with Crippen LogP contribution in [0.1, 0.15) is 19.8 Å². The molecule has 3 heteroatoms. The van der Waals surface area contributed by atoms with Crippen molar-refractivity contribution in [2.75, 3.05) is 6.61 Å². The summed E-state index contributed by atoms with van der Waals surface area (Å²) in [5, 5.41) is 0. The molecule has 1 aliphatic heterocycles. The lowest BCUT2D eigenvalue weighted by molar-refractivity contribution is -0.141. The Morgan fingerprint density at radius 3 is 2.80 bits per heavy atom. The fourth-order valence-electron chi connectivity index (χ4n) is 1.88. The van der Waals surface area contributed by atoms with Crippen LogP contribution in [0.2, 0.25) is 0 Å². The molecule has 0 aromatic carbocycles. The van der Waals surface area contributed by atoms with Crippen molar-refractivity contribution < 1.29 is 9.53 Å².